The fourth-order valence-corrected chi connectivity index (χ4v) is 3.94. The van der Waals surface area contributed by atoms with Gasteiger partial charge in [0, 0.05) is 43.4 Å². The smallest absolute Gasteiger partial charge is 0.220 e. The summed E-state index contributed by atoms with van der Waals surface area (Å²) in [5, 5.41) is 11.1. The van der Waals surface area contributed by atoms with Crippen molar-refractivity contribution < 1.29 is 4.79 Å². The van der Waals surface area contributed by atoms with Crippen LogP contribution >= 0.6 is 0 Å². The van der Waals surface area contributed by atoms with E-state index in [-0.39, 0.29) is 5.91 Å². The van der Waals surface area contributed by atoms with E-state index in [2.05, 4.69) is 15.7 Å². The summed E-state index contributed by atoms with van der Waals surface area (Å²) in [5.41, 5.74) is 3.29. The SMILES string of the molecule is Cc1nn(C)c(C)c1CNC(=O)CC1CC2CCC(C1)N2. The summed E-state index contributed by atoms with van der Waals surface area (Å²) >= 11 is 0. The van der Waals surface area contributed by atoms with Gasteiger partial charge in [-0.3, -0.25) is 9.48 Å². The first-order valence-electron chi connectivity index (χ1n) is 8.04. The van der Waals surface area contributed by atoms with Crippen molar-refractivity contribution in [2.24, 2.45) is 13.0 Å². The van der Waals surface area contributed by atoms with Gasteiger partial charge in [0.05, 0.1) is 5.69 Å². The monoisotopic (exact) mass is 290 g/mol. The molecule has 2 aliphatic rings. The summed E-state index contributed by atoms with van der Waals surface area (Å²) < 4.78 is 1.88. The predicted octanol–water partition coefficient (Wildman–Crippen LogP) is 1.57. The molecule has 3 heterocycles. The van der Waals surface area contributed by atoms with Crippen LogP contribution in [0, 0.1) is 19.8 Å². The summed E-state index contributed by atoms with van der Waals surface area (Å²) in [5.74, 6) is 0.740. The van der Waals surface area contributed by atoms with Crippen molar-refractivity contribution in [3.63, 3.8) is 0 Å². The molecule has 2 unspecified atom stereocenters. The molecule has 116 valence electrons. The van der Waals surface area contributed by atoms with Crippen LogP contribution in [0.25, 0.3) is 0 Å². The third-order valence-electron chi connectivity index (χ3n) is 5.17. The van der Waals surface area contributed by atoms with Crippen LogP contribution in [-0.2, 0) is 18.4 Å². The molecule has 5 nitrogen and oxygen atoms in total. The van der Waals surface area contributed by atoms with E-state index in [0.717, 1.165) is 29.8 Å². The Morgan fingerprint density at radius 2 is 2.00 bits per heavy atom. The van der Waals surface area contributed by atoms with Crippen molar-refractivity contribution in [3.05, 3.63) is 17.0 Å². The van der Waals surface area contributed by atoms with Crippen molar-refractivity contribution >= 4 is 5.91 Å². The molecule has 2 fully saturated rings. The van der Waals surface area contributed by atoms with Crippen molar-refractivity contribution in [2.75, 3.05) is 0 Å². The second-order valence-electron chi connectivity index (χ2n) is 6.73. The number of rotatable bonds is 4. The lowest BCUT2D eigenvalue weighted by atomic mass is 9.89. The largest absolute Gasteiger partial charge is 0.352 e. The van der Waals surface area contributed by atoms with Gasteiger partial charge in [-0.1, -0.05) is 0 Å². The fraction of sp³-hybridized carbons (Fsp3) is 0.750. The van der Waals surface area contributed by atoms with Gasteiger partial charge in [-0.2, -0.15) is 5.10 Å². The van der Waals surface area contributed by atoms with Crippen LogP contribution < -0.4 is 10.6 Å². The Labute approximate surface area is 126 Å². The highest BCUT2D eigenvalue weighted by Gasteiger charge is 2.34. The van der Waals surface area contributed by atoms with Crippen LogP contribution in [0.3, 0.4) is 0 Å². The maximum Gasteiger partial charge on any atom is 0.220 e. The van der Waals surface area contributed by atoms with Crippen molar-refractivity contribution in [2.45, 2.75) is 64.6 Å². The fourth-order valence-electron chi connectivity index (χ4n) is 3.94. The standard InChI is InChI=1S/C16H26N4O/c1-10-15(11(2)20(3)19-10)9-17-16(21)8-12-6-13-4-5-14(7-12)18-13/h12-14,18H,4-9H2,1-3H3,(H,17,21). The molecule has 0 saturated carbocycles. The van der Waals surface area contributed by atoms with E-state index in [4.69, 9.17) is 0 Å². The van der Waals surface area contributed by atoms with Gasteiger partial charge >= 0.3 is 0 Å². The second kappa shape index (κ2) is 5.79. The van der Waals surface area contributed by atoms with Crippen LogP contribution in [0.1, 0.15) is 49.1 Å². The number of hydrogen-bond donors (Lipinski definition) is 2. The first-order valence-corrected chi connectivity index (χ1v) is 8.04. The van der Waals surface area contributed by atoms with E-state index in [0.29, 0.717) is 31.0 Å². The lowest BCUT2D eigenvalue weighted by Crippen LogP contribution is -2.39. The number of piperidine rings is 1. The Kier molecular flexibility index (Phi) is 4.02. The molecule has 3 rings (SSSR count). The number of nitrogens with zero attached hydrogens (tertiary/aromatic N) is 2. The zero-order valence-corrected chi connectivity index (χ0v) is 13.3. The highest BCUT2D eigenvalue weighted by atomic mass is 16.1. The van der Waals surface area contributed by atoms with Gasteiger partial charge in [0.15, 0.2) is 0 Å². The molecule has 1 aromatic heterocycles. The third-order valence-corrected chi connectivity index (χ3v) is 5.17. The molecule has 0 aromatic carbocycles. The minimum absolute atomic E-state index is 0.184. The molecule has 2 saturated heterocycles. The van der Waals surface area contributed by atoms with Crippen LogP contribution in [0.4, 0.5) is 0 Å². The van der Waals surface area contributed by atoms with Crippen molar-refractivity contribution in [3.8, 4) is 0 Å². The predicted molar refractivity (Wildman–Crippen MR) is 81.8 cm³/mol. The van der Waals surface area contributed by atoms with E-state index >= 15 is 0 Å². The molecule has 0 aliphatic carbocycles. The Balaban J connectivity index is 1.50. The first-order chi connectivity index (χ1) is 10.0. The Hall–Kier alpha value is -1.36. The van der Waals surface area contributed by atoms with Gasteiger partial charge < -0.3 is 10.6 Å². The summed E-state index contributed by atoms with van der Waals surface area (Å²) in [6, 6.07) is 1.31. The number of carbonyl (C=O) groups excluding carboxylic acids is 1. The molecule has 0 radical (unpaired) electrons. The lowest BCUT2D eigenvalue weighted by Gasteiger charge is -2.28. The molecule has 2 aliphatic heterocycles. The summed E-state index contributed by atoms with van der Waals surface area (Å²) in [6.45, 7) is 4.65. The molecule has 1 amide bonds. The van der Waals surface area contributed by atoms with Crippen LogP contribution in [0.15, 0.2) is 0 Å². The zero-order chi connectivity index (χ0) is 15.0. The minimum atomic E-state index is 0.184. The van der Waals surface area contributed by atoms with E-state index in [1.54, 1.807) is 0 Å². The molecular formula is C16H26N4O. The number of carbonyl (C=O) groups is 1. The highest BCUT2D eigenvalue weighted by Crippen LogP contribution is 2.32. The van der Waals surface area contributed by atoms with Crippen LogP contribution in [-0.4, -0.2) is 27.8 Å². The average Bonchev–Trinajstić information content (AvgIpc) is 2.88. The Morgan fingerprint density at radius 3 is 2.57 bits per heavy atom. The molecule has 2 bridgehead atoms. The number of hydrogen-bond acceptors (Lipinski definition) is 3. The van der Waals surface area contributed by atoms with E-state index in [9.17, 15) is 4.79 Å². The Bertz CT molecular complexity index is 525. The van der Waals surface area contributed by atoms with Crippen LogP contribution in [0.5, 0.6) is 0 Å². The number of aromatic nitrogens is 2. The second-order valence-corrected chi connectivity index (χ2v) is 6.73. The molecule has 2 atom stereocenters. The number of aryl methyl sites for hydroxylation is 2. The number of fused-ring (bicyclic) bond motifs is 2. The highest BCUT2D eigenvalue weighted by molar-refractivity contribution is 5.76. The quantitative estimate of drug-likeness (QED) is 0.885. The molecule has 5 heteroatoms. The number of amides is 1. The van der Waals surface area contributed by atoms with Gasteiger partial charge in [-0.25, -0.2) is 0 Å². The molecule has 1 aromatic rings. The van der Waals surface area contributed by atoms with Crippen LogP contribution in [0.2, 0.25) is 0 Å². The summed E-state index contributed by atoms with van der Waals surface area (Å²) in [7, 11) is 1.94. The molecule has 2 N–H and O–H groups in total. The Morgan fingerprint density at radius 1 is 1.33 bits per heavy atom. The van der Waals surface area contributed by atoms with Gasteiger partial charge in [0.1, 0.15) is 0 Å². The van der Waals surface area contributed by atoms with Gasteiger partial charge in [-0.15, -0.1) is 0 Å². The molecular weight excluding hydrogens is 264 g/mol. The van der Waals surface area contributed by atoms with E-state index < -0.39 is 0 Å². The molecule has 21 heavy (non-hydrogen) atoms. The zero-order valence-electron chi connectivity index (χ0n) is 13.3. The maximum absolute atomic E-state index is 12.2. The third kappa shape index (κ3) is 3.12. The van der Waals surface area contributed by atoms with Gasteiger partial charge in [0.2, 0.25) is 5.91 Å². The van der Waals surface area contributed by atoms with E-state index in [1.165, 1.54) is 12.8 Å². The van der Waals surface area contributed by atoms with E-state index in [1.807, 2.05) is 25.6 Å². The lowest BCUT2D eigenvalue weighted by molar-refractivity contribution is -0.122. The topological polar surface area (TPSA) is 59.0 Å². The minimum Gasteiger partial charge on any atom is -0.352 e. The van der Waals surface area contributed by atoms with Crippen molar-refractivity contribution in [1.82, 2.24) is 20.4 Å². The summed E-state index contributed by atoms with van der Waals surface area (Å²) in [4.78, 5) is 12.2. The average molecular weight is 290 g/mol. The maximum atomic E-state index is 12.2. The summed E-state index contributed by atoms with van der Waals surface area (Å²) in [6.07, 6.45) is 5.57. The molecule has 0 spiro atoms. The van der Waals surface area contributed by atoms with Gasteiger partial charge in [-0.05, 0) is 45.4 Å². The normalized spacial score (nSPS) is 27.9. The van der Waals surface area contributed by atoms with Crippen molar-refractivity contribution in [1.29, 1.82) is 0 Å². The number of nitrogens with one attached hydrogen (secondary N) is 2. The van der Waals surface area contributed by atoms with Gasteiger partial charge in [0.25, 0.3) is 0 Å². The first kappa shape index (κ1) is 14.6.